The second-order valence-corrected chi connectivity index (χ2v) is 8.91. The van der Waals surface area contributed by atoms with Gasteiger partial charge in [0.05, 0.1) is 12.2 Å². The average molecular weight is 331 g/mol. The van der Waals surface area contributed by atoms with Crippen LogP contribution in [-0.4, -0.2) is 22.4 Å². The van der Waals surface area contributed by atoms with Crippen molar-refractivity contribution < 1.29 is 10.2 Å². The van der Waals surface area contributed by atoms with Crippen molar-refractivity contribution in [2.24, 2.45) is 23.2 Å². The Morgan fingerprint density at radius 3 is 2.67 bits per heavy atom. The van der Waals surface area contributed by atoms with E-state index in [9.17, 15) is 10.2 Å². The second-order valence-electron chi connectivity index (χ2n) is 8.91. The van der Waals surface area contributed by atoms with Gasteiger partial charge >= 0.3 is 0 Å². The average Bonchev–Trinajstić information content (AvgIpc) is 2.87. The largest absolute Gasteiger partial charge is 0.393 e. The molecule has 5 atom stereocenters. The standard InChI is InChI=1S/C22H34O2/c1-14(2)19-9-10-20-16(6-5-11-22(19,20)4)7-8-17-12-18(23)13-21(24)15(17)3/h7-8,14,18-21,23-24H,3,5-6,9-13H2,1-2,4H3/b16-7+,17-8-/t18?,19-,20+,21?,22-/m1/s1. The SMILES string of the molecule is C=C1/C(=C\C=C2/CCC[C@]3(C)[C@@H](C(C)C)CC[C@@H]23)CC(O)CC1O. The first-order valence-electron chi connectivity index (χ1n) is 9.78. The van der Waals surface area contributed by atoms with Gasteiger partial charge in [-0.05, 0) is 72.8 Å². The third kappa shape index (κ3) is 3.15. The number of aliphatic hydroxyl groups is 2. The van der Waals surface area contributed by atoms with E-state index in [1.807, 2.05) is 0 Å². The van der Waals surface area contributed by atoms with Gasteiger partial charge in [-0.3, -0.25) is 0 Å². The van der Waals surface area contributed by atoms with Crippen molar-refractivity contribution in [3.63, 3.8) is 0 Å². The molecule has 2 nitrogen and oxygen atoms in total. The first kappa shape index (κ1) is 17.9. The molecule has 2 N–H and O–H groups in total. The molecule has 0 aromatic rings. The molecule has 3 aliphatic carbocycles. The summed E-state index contributed by atoms with van der Waals surface area (Å²) in [5.74, 6) is 2.32. The number of fused-ring (bicyclic) bond motifs is 1. The van der Waals surface area contributed by atoms with Crippen LogP contribution in [0, 0.1) is 23.2 Å². The Balaban J connectivity index is 1.83. The molecule has 0 aromatic carbocycles. The van der Waals surface area contributed by atoms with Crippen molar-refractivity contribution in [2.45, 2.75) is 77.9 Å². The molecule has 3 aliphatic rings. The summed E-state index contributed by atoms with van der Waals surface area (Å²) >= 11 is 0. The first-order chi connectivity index (χ1) is 11.3. The van der Waals surface area contributed by atoms with Crippen molar-refractivity contribution in [1.29, 1.82) is 0 Å². The summed E-state index contributed by atoms with van der Waals surface area (Å²) < 4.78 is 0. The molecule has 0 amide bonds. The summed E-state index contributed by atoms with van der Waals surface area (Å²) in [4.78, 5) is 0. The van der Waals surface area contributed by atoms with Gasteiger partial charge in [0.25, 0.3) is 0 Å². The van der Waals surface area contributed by atoms with E-state index >= 15 is 0 Å². The topological polar surface area (TPSA) is 40.5 Å². The summed E-state index contributed by atoms with van der Waals surface area (Å²) in [6.07, 6.45) is 11.0. The molecule has 0 spiro atoms. The van der Waals surface area contributed by atoms with Crippen LogP contribution in [0.5, 0.6) is 0 Å². The Morgan fingerprint density at radius 2 is 1.96 bits per heavy atom. The number of hydrogen-bond acceptors (Lipinski definition) is 2. The molecule has 0 bridgehead atoms. The Labute approximate surface area is 147 Å². The third-order valence-electron chi connectivity index (χ3n) is 7.11. The van der Waals surface area contributed by atoms with Crippen LogP contribution >= 0.6 is 0 Å². The highest BCUT2D eigenvalue weighted by Crippen LogP contribution is 2.59. The molecule has 2 unspecified atom stereocenters. The summed E-state index contributed by atoms with van der Waals surface area (Å²) in [5.41, 5.74) is 3.86. The van der Waals surface area contributed by atoms with Crippen LogP contribution in [0.4, 0.5) is 0 Å². The molecule has 3 rings (SSSR count). The lowest BCUT2D eigenvalue weighted by Gasteiger charge is -2.43. The Hall–Kier alpha value is -0.860. The van der Waals surface area contributed by atoms with Gasteiger partial charge in [-0.2, -0.15) is 0 Å². The predicted octanol–water partition coefficient (Wildman–Crippen LogP) is 4.78. The molecule has 3 fully saturated rings. The van der Waals surface area contributed by atoms with E-state index in [4.69, 9.17) is 0 Å². The smallest absolute Gasteiger partial charge is 0.0811 e. The summed E-state index contributed by atoms with van der Waals surface area (Å²) in [6.45, 7) is 11.3. The van der Waals surface area contributed by atoms with Crippen LogP contribution < -0.4 is 0 Å². The number of rotatable bonds is 2. The van der Waals surface area contributed by atoms with Crippen LogP contribution in [0.2, 0.25) is 0 Å². The van der Waals surface area contributed by atoms with Crippen molar-refractivity contribution >= 4 is 0 Å². The molecule has 2 heteroatoms. The minimum Gasteiger partial charge on any atom is -0.393 e. The fraction of sp³-hybridized carbons (Fsp3) is 0.727. The van der Waals surface area contributed by atoms with Gasteiger partial charge in [0.15, 0.2) is 0 Å². The van der Waals surface area contributed by atoms with Gasteiger partial charge in [0.1, 0.15) is 0 Å². The van der Waals surface area contributed by atoms with E-state index in [0.29, 0.717) is 24.2 Å². The van der Waals surface area contributed by atoms with Crippen LogP contribution in [0.1, 0.15) is 65.7 Å². The zero-order valence-corrected chi connectivity index (χ0v) is 15.6. The van der Waals surface area contributed by atoms with E-state index in [-0.39, 0.29) is 0 Å². The lowest BCUT2D eigenvalue weighted by Crippen LogP contribution is -2.35. The van der Waals surface area contributed by atoms with Gasteiger partial charge in [0, 0.05) is 6.42 Å². The van der Waals surface area contributed by atoms with Gasteiger partial charge in [-0.1, -0.05) is 45.1 Å². The summed E-state index contributed by atoms with van der Waals surface area (Å²) in [7, 11) is 0. The molecule has 0 aliphatic heterocycles. The predicted molar refractivity (Wildman–Crippen MR) is 99.6 cm³/mol. The van der Waals surface area contributed by atoms with E-state index in [0.717, 1.165) is 23.0 Å². The van der Waals surface area contributed by atoms with Gasteiger partial charge in [-0.15, -0.1) is 0 Å². The lowest BCUT2D eigenvalue weighted by atomic mass is 9.61. The van der Waals surface area contributed by atoms with Crippen molar-refractivity contribution in [1.82, 2.24) is 0 Å². The molecule has 24 heavy (non-hydrogen) atoms. The van der Waals surface area contributed by atoms with Crippen LogP contribution in [-0.2, 0) is 0 Å². The minimum absolute atomic E-state index is 0.420. The minimum atomic E-state index is -0.591. The second kappa shape index (κ2) is 6.80. The van der Waals surface area contributed by atoms with Crippen molar-refractivity contribution in [3.05, 3.63) is 35.5 Å². The molecular weight excluding hydrogens is 296 g/mol. The highest BCUT2D eigenvalue weighted by Gasteiger charge is 2.49. The highest BCUT2D eigenvalue weighted by molar-refractivity contribution is 5.38. The highest BCUT2D eigenvalue weighted by atomic mass is 16.3. The number of aliphatic hydroxyl groups excluding tert-OH is 2. The van der Waals surface area contributed by atoms with Crippen molar-refractivity contribution in [3.8, 4) is 0 Å². The maximum atomic E-state index is 10.0. The zero-order valence-electron chi connectivity index (χ0n) is 15.6. The van der Waals surface area contributed by atoms with Gasteiger partial charge in [-0.25, -0.2) is 0 Å². The maximum absolute atomic E-state index is 10.0. The van der Waals surface area contributed by atoms with E-state index < -0.39 is 12.2 Å². The molecular formula is C22H34O2. The van der Waals surface area contributed by atoms with E-state index in [1.165, 1.54) is 32.1 Å². The summed E-state index contributed by atoms with van der Waals surface area (Å²) in [6, 6.07) is 0. The van der Waals surface area contributed by atoms with Crippen molar-refractivity contribution in [2.75, 3.05) is 0 Å². The fourth-order valence-electron chi connectivity index (χ4n) is 5.84. The quantitative estimate of drug-likeness (QED) is 0.764. The normalized spacial score (nSPS) is 43.7. The maximum Gasteiger partial charge on any atom is 0.0811 e. The van der Waals surface area contributed by atoms with E-state index in [2.05, 4.69) is 39.5 Å². The number of hydrogen-bond donors (Lipinski definition) is 2. The molecule has 0 radical (unpaired) electrons. The lowest BCUT2D eigenvalue weighted by molar-refractivity contribution is 0.0862. The zero-order chi connectivity index (χ0) is 17.5. The molecule has 0 saturated heterocycles. The molecule has 134 valence electrons. The van der Waals surface area contributed by atoms with Gasteiger partial charge < -0.3 is 10.2 Å². The Bertz CT molecular complexity index is 556. The first-order valence-corrected chi connectivity index (χ1v) is 9.78. The van der Waals surface area contributed by atoms with Gasteiger partial charge in [0.2, 0.25) is 0 Å². The number of allylic oxidation sites excluding steroid dienone is 3. The Morgan fingerprint density at radius 1 is 1.21 bits per heavy atom. The third-order valence-corrected chi connectivity index (χ3v) is 7.11. The molecule has 0 heterocycles. The van der Waals surface area contributed by atoms with E-state index in [1.54, 1.807) is 5.57 Å². The molecule has 3 saturated carbocycles. The molecule has 0 aromatic heterocycles. The van der Waals surface area contributed by atoms with Crippen LogP contribution in [0.25, 0.3) is 0 Å². The summed E-state index contributed by atoms with van der Waals surface area (Å²) in [5, 5.41) is 20.0. The van der Waals surface area contributed by atoms with Crippen LogP contribution in [0.3, 0.4) is 0 Å². The fourth-order valence-corrected chi connectivity index (χ4v) is 5.84. The Kier molecular flexibility index (Phi) is 5.09. The monoisotopic (exact) mass is 330 g/mol. The van der Waals surface area contributed by atoms with Crippen LogP contribution in [0.15, 0.2) is 35.5 Å².